The van der Waals surface area contributed by atoms with Gasteiger partial charge < -0.3 is 10.5 Å². The summed E-state index contributed by atoms with van der Waals surface area (Å²) >= 11 is 0. The van der Waals surface area contributed by atoms with Crippen molar-refractivity contribution in [3.8, 4) is 16.9 Å². The molecule has 0 bridgehead atoms. The zero-order chi connectivity index (χ0) is 14.8. The van der Waals surface area contributed by atoms with Crippen molar-refractivity contribution in [2.24, 2.45) is 0 Å². The van der Waals surface area contributed by atoms with Crippen molar-refractivity contribution in [1.29, 1.82) is 0 Å². The van der Waals surface area contributed by atoms with Gasteiger partial charge in [0.25, 0.3) is 0 Å². The highest BCUT2D eigenvalue weighted by molar-refractivity contribution is 5.93. The molecule has 0 spiro atoms. The van der Waals surface area contributed by atoms with E-state index < -0.39 is 6.36 Å². The number of benzene rings is 1. The van der Waals surface area contributed by atoms with Crippen LogP contribution in [-0.2, 0) is 0 Å². The minimum Gasteiger partial charge on any atom is -0.406 e. The number of carbonyl (C=O) groups is 1. The summed E-state index contributed by atoms with van der Waals surface area (Å²) in [6.45, 7) is 0. The molecule has 0 atom stereocenters. The van der Waals surface area contributed by atoms with Gasteiger partial charge in [-0.3, -0.25) is 9.78 Å². The molecule has 104 valence electrons. The van der Waals surface area contributed by atoms with E-state index in [1.807, 2.05) is 0 Å². The maximum Gasteiger partial charge on any atom is 0.573 e. The second-order valence-corrected chi connectivity index (χ2v) is 3.88. The van der Waals surface area contributed by atoms with E-state index in [1.54, 1.807) is 0 Å². The smallest absolute Gasteiger partial charge is 0.406 e. The van der Waals surface area contributed by atoms with Gasteiger partial charge in [-0.05, 0) is 17.7 Å². The molecule has 2 N–H and O–H groups in total. The van der Waals surface area contributed by atoms with Gasteiger partial charge in [-0.25, -0.2) is 0 Å². The molecule has 0 unspecified atom stereocenters. The van der Waals surface area contributed by atoms with Crippen molar-refractivity contribution in [3.63, 3.8) is 0 Å². The average Bonchev–Trinajstić information content (AvgIpc) is 2.36. The van der Waals surface area contributed by atoms with Crippen LogP contribution >= 0.6 is 0 Å². The zero-order valence-electron chi connectivity index (χ0n) is 10.0. The second kappa shape index (κ2) is 5.20. The number of alkyl halides is 3. The van der Waals surface area contributed by atoms with Crippen molar-refractivity contribution in [2.45, 2.75) is 6.36 Å². The summed E-state index contributed by atoms with van der Waals surface area (Å²) in [5.41, 5.74) is 6.62. The van der Waals surface area contributed by atoms with Crippen molar-refractivity contribution in [1.82, 2.24) is 4.98 Å². The number of aldehydes is 1. The van der Waals surface area contributed by atoms with Crippen LogP contribution in [0.4, 0.5) is 18.9 Å². The highest BCUT2D eigenvalue weighted by Gasteiger charge is 2.31. The lowest BCUT2D eigenvalue weighted by Gasteiger charge is -2.11. The van der Waals surface area contributed by atoms with Gasteiger partial charge in [0.15, 0.2) is 6.29 Å². The molecule has 0 aliphatic carbocycles. The number of ether oxygens (including phenoxy) is 1. The van der Waals surface area contributed by atoms with Crippen LogP contribution in [0.2, 0.25) is 0 Å². The third-order valence-corrected chi connectivity index (χ3v) is 2.51. The predicted molar refractivity (Wildman–Crippen MR) is 66.2 cm³/mol. The maximum atomic E-state index is 12.2. The molecule has 0 aliphatic rings. The van der Waals surface area contributed by atoms with Gasteiger partial charge in [-0.15, -0.1) is 13.2 Å². The summed E-state index contributed by atoms with van der Waals surface area (Å²) in [5, 5.41) is 0. The first kappa shape index (κ1) is 13.9. The van der Waals surface area contributed by atoms with Crippen molar-refractivity contribution in [3.05, 3.63) is 42.2 Å². The van der Waals surface area contributed by atoms with Crippen molar-refractivity contribution >= 4 is 12.0 Å². The summed E-state index contributed by atoms with van der Waals surface area (Å²) in [5.74, 6) is -0.380. The Morgan fingerprint density at radius 2 is 2.00 bits per heavy atom. The first-order valence-electron chi connectivity index (χ1n) is 5.45. The Labute approximate surface area is 112 Å². The van der Waals surface area contributed by atoms with E-state index in [1.165, 1.54) is 24.5 Å². The fraction of sp³-hybridized carbons (Fsp3) is 0.0769. The average molecular weight is 282 g/mol. The fourth-order valence-electron chi connectivity index (χ4n) is 1.71. The van der Waals surface area contributed by atoms with Crippen LogP contribution in [0.5, 0.6) is 5.75 Å². The van der Waals surface area contributed by atoms with Crippen LogP contribution in [0.1, 0.15) is 10.4 Å². The molecule has 0 radical (unpaired) electrons. The van der Waals surface area contributed by atoms with E-state index in [0.29, 0.717) is 17.4 Å². The van der Waals surface area contributed by atoms with Gasteiger partial charge in [0.1, 0.15) is 5.75 Å². The van der Waals surface area contributed by atoms with Gasteiger partial charge in [0.05, 0.1) is 11.9 Å². The number of nitrogen functional groups attached to an aromatic ring is 1. The van der Waals surface area contributed by atoms with Crippen LogP contribution < -0.4 is 10.5 Å². The summed E-state index contributed by atoms with van der Waals surface area (Å²) in [6.07, 6.45) is -1.60. The lowest BCUT2D eigenvalue weighted by molar-refractivity contribution is -0.274. The molecule has 1 heterocycles. The molecule has 7 heteroatoms. The van der Waals surface area contributed by atoms with Crippen molar-refractivity contribution in [2.75, 3.05) is 5.73 Å². The monoisotopic (exact) mass is 282 g/mol. The number of halogens is 3. The first-order chi connectivity index (χ1) is 9.40. The van der Waals surface area contributed by atoms with Gasteiger partial charge >= 0.3 is 6.36 Å². The van der Waals surface area contributed by atoms with E-state index in [-0.39, 0.29) is 17.0 Å². The molecular formula is C13H9F3N2O2. The Kier molecular flexibility index (Phi) is 3.60. The van der Waals surface area contributed by atoms with Crippen LogP contribution in [-0.4, -0.2) is 17.6 Å². The van der Waals surface area contributed by atoms with E-state index in [2.05, 4.69) is 9.72 Å². The minimum atomic E-state index is -4.78. The zero-order valence-corrected chi connectivity index (χ0v) is 10.0. The van der Waals surface area contributed by atoms with Crippen LogP contribution in [0.15, 0.2) is 36.7 Å². The summed E-state index contributed by atoms with van der Waals surface area (Å²) in [7, 11) is 0. The largest absolute Gasteiger partial charge is 0.573 e. The molecule has 0 amide bonds. The summed E-state index contributed by atoms with van der Waals surface area (Å²) in [6, 6.07) is 5.25. The van der Waals surface area contributed by atoms with Crippen LogP contribution in [0.3, 0.4) is 0 Å². The van der Waals surface area contributed by atoms with Gasteiger partial charge in [0.2, 0.25) is 0 Å². The lowest BCUT2D eigenvalue weighted by Crippen LogP contribution is -2.17. The fourth-order valence-corrected chi connectivity index (χ4v) is 1.71. The number of hydrogen-bond acceptors (Lipinski definition) is 4. The molecule has 4 nitrogen and oxygen atoms in total. The maximum absolute atomic E-state index is 12.2. The number of rotatable bonds is 3. The van der Waals surface area contributed by atoms with E-state index in [9.17, 15) is 18.0 Å². The molecule has 0 saturated carbocycles. The molecule has 2 rings (SSSR count). The Morgan fingerprint density at radius 1 is 1.25 bits per heavy atom. The third kappa shape index (κ3) is 3.05. The number of carbonyl (C=O) groups excluding carboxylic acids is 1. The van der Waals surface area contributed by atoms with Crippen LogP contribution in [0, 0.1) is 0 Å². The van der Waals surface area contributed by atoms with E-state index in [0.717, 1.165) is 12.1 Å². The molecule has 2 aromatic rings. The standard InChI is InChI=1S/C13H9F3N2O2/c14-13(15,16)20-9-3-1-2-8(4-9)10-5-18-6-12(17)11(10)7-19/h1-7H,17H2. The normalized spacial score (nSPS) is 11.2. The van der Waals surface area contributed by atoms with E-state index in [4.69, 9.17) is 5.73 Å². The van der Waals surface area contributed by atoms with E-state index >= 15 is 0 Å². The number of nitrogens with zero attached hydrogens (tertiary/aromatic N) is 1. The van der Waals surface area contributed by atoms with Crippen molar-refractivity contribution < 1.29 is 22.7 Å². The number of hydrogen-bond donors (Lipinski definition) is 1. The topological polar surface area (TPSA) is 65.2 Å². The highest BCUT2D eigenvalue weighted by Crippen LogP contribution is 2.30. The van der Waals surface area contributed by atoms with Gasteiger partial charge in [-0.1, -0.05) is 12.1 Å². The summed E-state index contributed by atoms with van der Waals surface area (Å²) in [4.78, 5) is 14.8. The number of nitrogens with two attached hydrogens (primary N) is 1. The predicted octanol–water partition coefficient (Wildman–Crippen LogP) is 3.04. The lowest BCUT2D eigenvalue weighted by atomic mass is 10.0. The molecule has 0 aliphatic heterocycles. The summed E-state index contributed by atoms with van der Waals surface area (Å²) < 4.78 is 40.4. The number of pyridine rings is 1. The second-order valence-electron chi connectivity index (χ2n) is 3.88. The van der Waals surface area contributed by atoms with Gasteiger partial charge in [0, 0.05) is 17.3 Å². The first-order valence-corrected chi connectivity index (χ1v) is 5.45. The molecule has 0 saturated heterocycles. The molecular weight excluding hydrogens is 273 g/mol. The molecule has 1 aromatic carbocycles. The number of anilines is 1. The quantitative estimate of drug-likeness (QED) is 0.879. The Balaban J connectivity index is 2.46. The molecule has 0 fully saturated rings. The Bertz CT molecular complexity index is 642. The molecule has 20 heavy (non-hydrogen) atoms. The minimum absolute atomic E-state index is 0.152. The van der Waals surface area contributed by atoms with Gasteiger partial charge in [-0.2, -0.15) is 0 Å². The third-order valence-electron chi connectivity index (χ3n) is 2.51. The Hall–Kier alpha value is -2.57. The van der Waals surface area contributed by atoms with Crippen LogP contribution in [0.25, 0.3) is 11.1 Å². The highest BCUT2D eigenvalue weighted by atomic mass is 19.4. The molecule has 1 aromatic heterocycles. The Morgan fingerprint density at radius 3 is 2.65 bits per heavy atom. The SMILES string of the molecule is Nc1cncc(-c2cccc(OC(F)(F)F)c2)c1C=O. The number of aromatic nitrogens is 1.